The van der Waals surface area contributed by atoms with Crippen LogP contribution in [0.4, 0.5) is 11.4 Å². The zero-order chi connectivity index (χ0) is 22.1. The Hall–Kier alpha value is -3.68. The number of methoxy groups -OCH3 is 3. The summed E-state index contributed by atoms with van der Waals surface area (Å²) in [4.78, 5) is 27.8. The SMILES string of the molecule is COc1ccc(NC(=O)c2c(N3CCCC3=O)c3cc(OC)ccc3n2C)c(OC)c1. The zero-order valence-corrected chi connectivity index (χ0v) is 18.0. The van der Waals surface area contributed by atoms with E-state index in [1.807, 2.05) is 25.2 Å². The van der Waals surface area contributed by atoms with Gasteiger partial charge in [0.15, 0.2) is 0 Å². The molecule has 1 aliphatic rings. The number of carbonyl (C=O) groups is 2. The van der Waals surface area contributed by atoms with Gasteiger partial charge in [-0.2, -0.15) is 0 Å². The van der Waals surface area contributed by atoms with E-state index < -0.39 is 0 Å². The maximum atomic E-state index is 13.5. The van der Waals surface area contributed by atoms with Gasteiger partial charge in [0, 0.05) is 31.5 Å². The number of nitrogens with zero attached hydrogens (tertiary/aromatic N) is 2. The van der Waals surface area contributed by atoms with E-state index in [1.54, 1.807) is 41.9 Å². The minimum Gasteiger partial charge on any atom is -0.497 e. The predicted octanol–water partition coefficient (Wildman–Crippen LogP) is 3.58. The van der Waals surface area contributed by atoms with Gasteiger partial charge < -0.3 is 29.0 Å². The average molecular weight is 423 g/mol. The average Bonchev–Trinajstić information content (AvgIpc) is 3.33. The molecule has 1 N–H and O–H groups in total. The van der Waals surface area contributed by atoms with Crippen LogP contribution in [0.25, 0.3) is 10.9 Å². The van der Waals surface area contributed by atoms with Crippen molar-refractivity contribution in [2.75, 3.05) is 38.1 Å². The Morgan fingerprint density at radius 3 is 2.35 bits per heavy atom. The van der Waals surface area contributed by atoms with Crippen molar-refractivity contribution in [3.05, 3.63) is 42.1 Å². The van der Waals surface area contributed by atoms with Crippen LogP contribution < -0.4 is 24.4 Å². The summed E-state index contributed by atoms with van der Waals surface area (Å²) in [5, 5.41) is 3.72. The van der Waals surface area contributed by atoms with Crippen molar-refractivity contribution in [1.82, 2.24) is 4.57 Å². The Bertz CT molecular complexity index is 1170. The summed E-state index contributed by atoms with van der Waals surface area (Å²) in [6, 6.07) is 10.8. The summed E-state index contributed by atoms with van der Waals surface area (Å²) in [5.41, 5.74) is 2.34. The summed E-state index contributed by atoms with van der Waals surface area (Å²) in [6.45, 7) is 0.571. The van der Waals surface area contributed by atoms with Gasteiger partial charge in [-0.1, -0.05) is 0 Å². The minimum atomic E-state index is -0.337. The Labute approximate surface area is 180 Å². The molecule has 2 amide bonds. The summed E-state index contributed by atoms with van der Waals surface area (Å²) >= 11 is 0. The number of aromatic nitrogens is 1. The molecule has 0 bridgehead atoms. The van der Waals surface area contributed by atoms with Crippen molar-refractivity contribution in [2.45, 2.75) is 12.8 Å². The van der Waals surface area contributed by atoms with Gasteiger partial charge in [-0.3, -0.25) is 9.59 Å². The molecule has 0 unspecified atom stereocenters. The molecule has 31 heavy (non-hydrogen) atoms. The van der Waals surface area contributed by atoms with E-state index in [0.29, 0.717) is 47.3 Å². The highest BCUT2D eigenvalue weighted by Gasteiger charge is 2.31. The lowest BCUT2D eigenvalue weighted by atomic mass is 10.2. The highest BCUT2D eigenvalue weighted by Crippen LogP contribution is 2.38. The summed E-state index contributed by atoms with van der Waals surface area (Å²) in [6.07, 6.45) is 1.22. The molecule has 1 saturated heterocycles. The van der Waals surface area contributed by atoms with Crippen LogP contribution in [0.2, 0.25) is 0 Å². The van der Waals surface area contributed by atoms with Gasteiger partial charge in [0.05, 0.1) is 38.2 Å². The van der Waals surface area contributed by atoms with Crippen LogP contribution >= 0.6 is 0 Å². The maximum Gasteiger partial charge on any atom is 0.274 e. The molecule has 0 saturated carbocycles. The topological polar surface area (TPSA) is 82.0 Å². The summed E-state index contributed by atoms with van der Waals surface area (Å²) < 4.78 is 17.8. The number of ether oxygens (including phenoxy) is 3. The molecule has 3 aromatic rings. The molecular formula is C23H25N3O5. The number of rotatable bonds is 6. The minimum absolute atomic E-state index is 0.00592. The monoisotopic (exact) mass is 423 g/mol. The number of aryl methyl sites for hydroxylation is 1. The number of amides is 2. The van der Waals surface area contributed by atoms with E-state index in [-0.39, 0.29) is 11.8 Å². The first-order valence-electron chi connectivity index (χ1n) is 9.98. The van der Waals surface area contributed by atoms with Crippen molar-refractivity contribution in [3.63, 3.8) is 0 Å². The highest BCUT2D eigenvalue weighted by atomic mass is 16.5. The van der Waals surface area contributed by atoms with Crippen molar-refractivity contribution in [3.8, 4) is 17.2 Å². The van der Waals surface area contributed by atoms with Crippen molar-refractivity contribution in [1.29, 1.82) is 0 Å². The second-order valence-corrected chi connectivity index (χ2v) is 7.31. The van der Waals surface area contributed by atoms with E-state index in [9.17, 15) is 9.59 Å². The lowest BCUT2D eigenvalue weighted by Crippen LogP contribution is -2.27. The molecule has 2 heterocycles. The number of hydrogen-bond acceptors (Lipinski definition) is 5. The largest absolute Gasteiger partial charge is 0.497 e. The third kappa shape index (κ3) is 3.54. The standard InChI is InChI=1S/C23H25N3O5/c1-25-18-10-8-14(29-2)12-16(18)21(26-11-5-6-20(26)27)22(25)23(28)24-17-9-7-15(30-3)13-19(17)31-4/h7-10,12-13H,5-6,11H2,1-4H3,(H,24,28). The van der Waals surface area contributed by atoms with Gasteiger partial charge in [0.25, 0.3) is 5.91 Å². The number of hydrogen-bond donors (Lipinski definition) is 1. The van der Waals surface area contributed by atoms with Gasteiger partial charge in [-0.05, 0) is 36.8 Å². The lowest BCUT2D eigenvalue weighted by molar-refractivity contribution is -0.117. The normalized spacial score (nSPS) is 13.5. The lowest BCUT2D eigenvalue weighted by Gasteiger charge is -2.18. The van der Waals surface area contributed by atoms with Gasteiger partial charge in [-0.25, -0.2) is 0 Å². The number of fused-ring (bicyclic) bond motifs is 1. The molecule has 0 spiro atoms. The Kier molecular flexibility index (Phi) is 5.46. The Morgan fingerprint density at radius 1 is 1.00 bits per heavy atom. The van der Waals surface area contributed by atoms with Crippen molar-refractivity contribution in [2.24, 2.45) is 7.05 Å². The molecule has 0 atom stereocenters. The van der Waals surface area contributed by atoms with Gasteiger partial charge in [0.2, 0.25) is 5.91 Å². The molecule has 1 aliphatic heterocycles. The van der Waals surface area contributed by atoms with Gasteiger partial charge in [0.1, 0.15) is 22.9 Å². The fraction of sp³-hybridized carbons (Fsp3) is 0.304. The van der Waals surface area contributed by atoms with Crippen LogP contribution in [0, 0.1) is 0 Å². The third-order valence-corrected chi connectivity index (χ3v) is 5.60. The predicted molar refractivity (Wildman–Crippen MR) is 119 cm³/mol. The van der Waals surface area contributed by atoms with Crippen molar-refractivity contribution < 1.29 is 23.8 Å². The third-order valence-electron chi connectivity index (χ3n) is 5.60. The Balaban J connectivity index is 1.84. The van der Waals surface area contributed by atoms with E-state index in [0.717, 1.165) is 17.3 Å². The fourth-order valence-electron chi connectivity index (χ4n) is 4.03. The van der Waals surface area contributed by atoms with E-state index >= 15 is 0 Å². The molecule has 8 nitrogen and oxygen atoms in total. The van der Waals surface area contributed by atoms with Crippen LogP contribution in [0.15, 0.2) is 36.4 Å². The first-order valence-corrected chi connectivity index (χ1v) is 9.98. The molecule has 0 radical (unpaired) electrons. The zero-order valence-electron chi connectivity index (χ0n) is 18.0. The van der Waals surface area contributed by atoms with Crippen LogP contribution in [0.1, 0.15) is 23.3 Å². The molecule has 2 aromatic carbocycles. The second kappa shape index (κ2) is 8.22. The van der Waals surface area contributed by atoms with Crippen LogP contribution in [0.5, 0.6) is 17.2 Å². The molecule has 162 valence electrons. The maximum absolute atomic E-state index is 13.5. The van der Waals surface area contributed by atoms with Gasteiger partial charge >= 0.3 is 0 Å². The van der Waals surface area contributed by atoms with E-state index in [1.165, 1.54) is 7.11 Å². The smallest absolute Gasteiger partial charge is 0.274 e. The first-order chi connectivity index (χ1) is 15.0. The molecule has 0 aliphatic carbocycles. The highest BCUT2D eigenvalue weighted by molar-refractivity contribution is 6.17. The second-order valence-electron chi connectivity index (χ2n) is 7.31. The molecule has 8 heteroatoms. The molecule has 4 rings (SSSR count). The molecule has 1 fully saturated rings. The van der Waals surface area contributed by atoms with Crippen LogP contribution in [0.3, 0.4) is 0 Å². The van der Waals surface area contributed by atoms with E-state index in [4.69, 9.17) is 14.2 Å². The van der Waals surface area contributed by atoms with Crippen LogP contribution in [-0.4, -0.2) is 44.3 Å². The Morgan fingerprint density at radius 2 is 1.71 bits per heavy atom. The molecule has 1 aromatic heterocycles. The number of benzene rings is 2. The van der Waals surface area contributed by atoms with Crippen LogP contribution in [-0.2, 0) is 11.8 Å². The first kappa shape index (κ1) is 20.6. The fourth-order valence-corrected chi connectivity index (χ4v) is 4.03. The van der Waals surface area contributed by atoms with Crippen molar-refractivity contribution >= 4 is 34.1 Å². The molecular weight excluding hydrogens is 398 g/mol. The quantitative estimate of drug-likeness (QED) is 0.655. The summed E-state index contributed by atoms with van der Waals surface area (Å²) in [7, 11) is 6.51. The number of nitrogens with one attached hydrogen (secondary N) is 1. The number of anilines is 2. The number of carbonyl (C=O) groups excluding carboxylic acids is 2. The summed E-state index contributed by atoms with van der Waals surface area (Å²) in [5.74, 6) is 1.43. The van der Waals surface area contributed by atoms with Gasteiger partial charge in [-0.15, -0.1) is 0 Å². The van der Waals surface area contributed by atoms with E-state index in [2.05, 4.69) is 5.32 Å².